The second kappa shape index (κ2) is 4.87. The molecule has 5 heteroatoms. The lowest BCUT2D eigenvalue weighted by Crippen LogP contribution is -2.58. The van der Waals surface area contributed by atoms with E-state index in [4.69, 9.17) is 9.47 Å². The number of ether oxygens (including phenoxy) is 2. The number of rotatable bonds is 3. The third kappa shape index (κ3) is 3.56. The number of carbonyl (C=O) groups excluding carboxylic acids is 2. The van der Waals surface area contributed by atoms with E-state index in [0.717, 1.165) is 0 Å². The van der Waals surface area contributed by atoms with Gasteiger partial charge in [-0.05, 0) is 27.2 Å². The number of esters is 1. The molecule has 0 aromatic rings. The summed E-state index contributed by atoms with van der Waals surface area (Å²) in [7, 11) is 0. The average molecular weight is 241 g/mol. The van der Waals surface area contributed by atoms with Gasteiger partial charge in [0.15, 0.2) is 0 Å². The Hall–Kier alpha value is -1.36. The van der Waals surface area contributed by atoms with Crippen LogP contribution in [0.15, 0.2) is 12.7 Å². The molecular formula is C12H19NO4. The molecule has 0 amide bonds. The Morgan fingerprint density at radius 1 is 1.41 bits per heavy atom. The van der Waals surface area contributed by atoms with Gasteiger partial charge in [0.05, 0.1) is 5.41 Å². The maximum atomic E-state index is 11.8. The van der Waals surface area contributed by atoms with E-state index in [2.05, 4.69) is 11.9 Å². The number of allylic oxidation sites excluding steroid dienone is 1. The highest BCUT2D eigenvalue weighted by molar-refractivity contribution is 5.87. The lowest BCUT2D eigenvalue weighted by atomic mass is 9.79. The standard InChI is InChI=1S/C12H19NO4/c1-5-6-12(7-13-8-12)9(14)16-10(15)17-11(2,3)4/h5,13H,1,6-8H2,2-4H3. The van der Waals surface area contributed by atoms with Gasteiger partial charge in [0.25, 0.3) is 0 Å². The zero-order valence-corrected chi connectivity index (χ0v) is 10.5. The Morgan fingerprint density at radius 2 is 2.00 bits per heavy atom. The van der Waals surface area contributed by atoms with Crippen LogP contribution in [-0.4, -0.2) is 30.8 Å². The summed E-state index contributed by atoms with van der Waals surface area (Å²) in [6.07, 6.45) is 1.19. The summed E-state index contributed by atoms with van der Waals surface area (Å²) in [6.45, 7) is 9.73. The van der Waals surface area contributed by atoms with E-state index in [0.29, 0.717) is 19.5 Å². The minimum Gasteiger partial charge on any atom is -0.428 e. The Labute approximate surface area is 101 Å². The van der Waals surface area contributed by atoms with Crippen LogP contribution in [0.1, 0.15) is 27.2 Å². The van der Waals surface area contributed by atoms with Crippen LogP contribution in [0.25, 0.3) is 0 Å². The van der Waals surface area contributed by atoms with Crippen molar-refractivity contribution < 1.29 is 19.1 Å². The molecule has 1 aliphatic rings. The molecule has 1 N–H and O–H groups in total. The van der Waals surface area contributed by atoms with Crippen molar-refractivity contribution in [2.75, 3.05) is 13.1 Å². The molecule has 0 bridgehead atoms. The largest absolute Gasteiger partial charge is 0.516 e. The van der Waals surface area contributed by atoms with Crippen molar-refractivity contribution in [2.24, 2.45) is 5.41 Å². The van der Waals surface area contributed by atoms with Gasteiger partial charge in [0.1, 0.15) is 5.60 Å². The summed E-state index contributed by atoms with van der Waals surface area (Å²) in [6, 6.07) is 0. The third-order valence-corrected chi connectivity index (χ3v) is 2.46. The second-order valence-corrected chi connectivity index (χ2v) is 5.23. The molecule has 0 aromatic carbocycles. The van der Waals surface area contributed by atoms with Crippen LogP contribution in [0.2, 0.25) is 0 Å². The highest BCUT2D eigenvalue weighted by Gasteiger charge is 2.46. The van der Waals surface area contributed by atoms with E-state index in [1.165, 1.54) is 0 Å². The van der Waals surface area contributed by atoms with Gasteiger partial charge in [-0.15, -0.1) is 6.58 Å². The van der Waals surface area contributed by atoms with Gasteiger partial charge < -0.3 is 14.8 Å². The van der Waals surface area contributed by atoms with Crippen LogP contribution < -0.4 is 5.32 Å². The predicted octanol–water partition coefficient (Wildman–Crippen LogP) is 1.63. The number of hydrogen-bond acceptors (Lipinski definition) is 5. The first-order chi connectivity index (χ1) is 7.79. The summed E-state index contributed by atoms with van der Waals surface area (Å²) in [5, 5.41) is 2.99. The lowest BCUT2D eigenvalue weighted by Gasteiger charge is -2.38. The predicted molar refractivity (Wildman–Crippen MR) is 62.4 cm³/mol. The van der Waals surface area contributed by atoms with Crippen molar-refractivity contribution >= 4 is 12.1 Å². The molecule has 1 rings (SSSR count). The average Bonchev–Trinajstić information content (AvgIpc) is 2.07. The Morgan fingerprint density at radius 3 is 2.35 bits per heavy atom. The molecule has 96 valence electrons. The zero-order valence-electron chi connectivity index (χ0n) is 10.5. The van der Waals surface area contributed by atoms with E-state index in [9.17, 15) is 9.59 Å². The molecule has 0 saturated carbocycles. The van der Waals surface area contributed by atoms with Gasteiger partial charge in [0.2, 0.25) is 0 Å². The molecule has 5 nitrogen and oxygen atoms in total. The molecule has 0 unspecified atom stereocenters. The molecule has 1 saturated heterocycles. The first-order valence-electron chi connectivity index (χ1n) is 5.56. The van der Waals surface area contributed by atoms with Gasteiger partial charge in [0, 0.05) is 13.1 Å². The van der Waals surface area contributed by atoms with Crippen LogP contribution in [0, 0.1) is 5.41 Å². The van der Waals surface area contributed by atoms with Crippen molar-refractivity contribution in [2.45, 2.75) is 32.8 Å². The van der Waals surface area contributed by atoms with Crippen molar-refractivity contribution in [3.8, 4) is 0 Å². The van der Waals surface area contributed by atoms with Crippen LogP contribution in [0.3, 0.4) is 0 Å². The molecule has 0 atom stereocenters. The highest BCUT2D eigenvalue weighted by atomic mass is 16.7. The summed E-state index contributed by atoms with van der Waals surface area (Å²) < 4.78 is 9.62. The Bertz CT molecular complexity index is 326. The van der Waals surface area contributed by atoms with E-state index < -0.39 is 23.1 Å². The van der Waals surface area contributed by atoms with Crippen molar-refractivity contribution in [1.29, 1.82) is 0 Å². The molecule has 0 radical (unpaired) electrons. The maximum Gasteiger partial charge on any atom is 0.516 e. The van der Waals surface area contributed by atoms with Crippen molar-refractivity contribution in [3.63, 3.8) is 0 Å². The lowest BCUT2D eigenvalue weighted by molar-refractivity contribution is -0.156. The highest BCUT2D eigenvalue weighted by Crippen LogP contribution is 2.29. The molecule has 0 aromatic heterocycles. The molecule has 1 aliphatic heterocycles. The van der Waals surface area contributed by atoms with Gasteiger partial charge in [-0.25, -0.2) is 4.79 Å². The van der Waals surface area contributed by atoms with E-state index in [1.807, 2.05) is 0 Å². The molecular weight excluding hydrogens is 222 g/mol. The molecule has 1 heterocycles. The summed E-state index contributed by atoms with van der Waals surface area (Å²) >= 11 is 0. The van der Waals surface area contributed by atoms with E-state index in [-0.39, 0.29) is 0 Å². The SMILES string of the molecule is C=CCC1(C(=O)OC(=O)OC(C)(C)C)CNC1. The van der Waals surface area contributed by atoms with Gasteiger partial charge in [-0.1, -0.05) is 6.08 Å². The number of nitrogens with one attached hydrogen (secondary N) is 1. The molecule has 1 fully saturated rings. The first kappa shape index (κ1) is 13.7. The Balaban J connectivity index is 2.53. The smallest absolute Gasteiger partial charge is 0.428 e. The fourth-order valence-electron chi connectivity index (χ4n) is 1.53. The third-order valence-electron chi connectivity index (χ3n) is 2.46. The molecule has 0 spiro atoms. The summed E-state index contributed by atoms with van der Waals surface area (Å²) in [5.41, 5.74) is -1.32. The van der Waals surface area contributed by atoms with Crippen molar-refractivity contribution in [1.82, 2.24) is 5.32 Å². The number of carbonyl (C=O) groups is 2. The second-order valence-electron chi connectivity index (χ2n) is 5.23. The monoisotopic (exact) mass is 241 g/mol. The topological polar surface area (TPSA) is 64.6 Å². The quantitative estimate of drug-likeness (QED) is 0.462. The van der Waals surface area contributed by atoms with Crippen molar-refractivity contribution in [3.05, 3.63) is 12.7 Å². The van der Waals surface area contributed by atoms with Crippen LogP contribution in [0.4, 0.5) is 4.79 Å². The van der Waals surface area contributed by atoms with E-state index in [1.54, 1.807) is 26.8 Å². The fraction of sp³-hybridized carbons (Fsp3) is 0.667. The minimum atomic E-state index is -0.946. The fourth-order valence-corrected chi connectivity index (χ4v) is 1.53. The van der Waals surface area contributed by atoms with E-state index >= 15 is 0 Å². The molecule has 0 aliphatic carbocycles. The van der Waals surface area contributed by atoms with Gasteiger partial charge in [-0.2, -0.15) is 0 Å². The van der Waals surface area contributed by atoms with Gasteiger partial charge in [-0.3, -0.25) is 4.79 Å². The summed E-state index contributed by atoms with van der Waals surface area (Å²) in [5.74, 6) is -0.551. The first-order valence-corrected chi connectivity index (χ1v) is 5.56. The molecule has 17 heavy (non-hydrogen) atoms. The normalized spacial score (nSPS) is 17.8. The van der Waals surface area contributed by atoms with Gasteiger partial charge >= 0.3 is 12.1 Å². The summed E-state index contributed by atoms with van der Waals surface area (Å²) in [4.78, 5) is 23.2. The number of hydrogen-bond donors (Lipinski definition) is 1. The maximum absolute atomic E-state index is 11.8. The van der Waals surface area contributed by atoms with Crippen LogP contribution >= 0.6 is 0 Å². The minimum absolute atomic E-state index is 0.488. The van der Waals surface area contributed by atoms with Crippen LogP contribution in [-0.2, 0) is 14.3 Å². The zero-order chi connectivity index (χ0) is 13.1. The van der Waals surface area contributed by atoms with Crippen LogP contribution in [0.5, 0.6) is 0 Å². The Kier molecular flexibility index (Phi) is 3.93.